The summed E-state index contributed by atoms with van der Waals surface area (Å²) in [6, 6.07) is 5.26. The molecule has 156 valence electrons. The van der Waals surface area contributed by atoms with E-state index in [1.807, 2.05) is 0 Å². The van der Waals surface area contributed by atoms with Gasteiger partial charge < -0.3 is 33.6 Å². The smallest absolute Gasteiger partial charge is 0.193 e. The number of benzene rings is 1. The van der Waals surface area contributed by atoms with Crippen LogP contribution in [-0.4, -0.2) is 59.0 Å². The van der Waals surface area contributed by atoms with E-state index in [2.05, 4.69) is 33.9 Å². The molecule has 8 heteroatoms. The minimum atomic E-state index is -2.20. The molecule has 1 rings (SSSR count). The Bertz CT molecular complexity index is 572. The summed E-state index contributed by atoms with van der Waals surface area (Å²) in [4.78, 5) is 0. The van der Waals surface area contributed by atoms with E-state index in [0.717, 1.165) is 0 Å². The minimum Gasteiger partial charge on any atom is -0.464 e. The fourth-order valence-electron chi connectivity index (χ4n) is 2.14. The Labute approximate surface area is 163 Å². The molecule has 0 fully saturated rings. The summed E-state index contributed by atoms with van der Waals surface area (Å²) in [7, 11) is 0.864. The lowest BCUT2D eigenvalue weighted by Crippen LogP contribution is -2.44. The molecule has 2 atom stereocenters. The van der Waals surface area contributed by atoms with E-state index in [0.29, 0.717) is 17.1 Å². The van der Waals surface area contributed by atoms with Crippen LogP contribution in [0.1, 0.15) is 32.4 Å². The van der Waals surface area contributed by atoms with Gasteiger partial charge in [-0.2, -0.15) is 0 Å². The van der Waals surface area contributed by atoms with Crippen LogP contribution < -0.4 is 9.47 Å². The molecule has 0 unspecified atom stereocenters. The molecular formula is C19H34O7Si. The summed E-state index contributed by atoms with van der Waals surface area (Å²) in [5.74, 6) is 0.933. The molecule has 0 aromatic heterocycles. The number of hydrogen-bond acceptors (Lipinski definition) is 7. The van der Waals surface area contributed by atoms with E-state index in [9.17, 15) is 10.2 Å². The third kappa shape index (κ3) is 6.74. The molecule has 27 heavy (non-hydrogen) atoms. The molecule has 0 aliphatic rings. The normalized spacial score (nSPS) is 14.7. The minimum absolute atomic E-state index is 0.0443. The van der Waals surface area contributed by atoms with Gasteiger partial charge in [0.05, 0.1) is 12.7 Å². The number of aliphatic hydroxyl groups is 2. The molecule has 7 nitrogen and oxygen atoms in total. The summed E-state index contributed by atoms with van der Waals surface area (Å²) in [5.41, 5.74) is 0.692. The van der Waals surface area contributed by atoms with Gasteiger partial charge >= 0.3 is 0 Å². The Morgan fingerprint density at radius 1 is 1.00 bits per heavy atom. The van der Waals surface area contributed by atoms with Crippen molar-refractivity contribution in [1.82, 2.24) is 0 Å². The Kier molecular flexibility index (Phi) is 9.20. The molecule has 0 aliphatic carbocycles. The second kappa shape index (κ2) is 10.4. The number of ether oxygens (including phenoxy) is 4. The molecule has 0 saturated heterocycles. The third-order valence-electron chi connectivity index (χ3n) is 4.73. The monoisotopic (exact) mass is 402 g/mol. The molecule has 0 amide bonds. The van der Waals surface area contributed by atoms with Crippen molar-refractivity contribution in [2.24, 2.45) is 0 Å². The van der Waals surface area contributed by atoms with Crippen molar-refractivity contribution in [3.05, 3.63) is 23.8 Å². The van der Waals surface area contributed by atoms with Gasteiger partial charge in [-0.1, -0.05) is 26.8 Å². The maximum absolute atomic E-state index is 10.4. The van der Waals surface area contributed by atoms with Crippen molar-refractivity contribution in [2.75, 3.05) is 34.4 Å². The molecule has 0 aliphatic heterocycles. The van der Waals surface area contributed by atoms with Crippen LogP contribution in [-0.2, 0) is 13.9 Å². The molecule has 1 aromatic rings. The van der Waals surface area contributed by atoms with Gasteiger partial charge in [0.25, 0.3) is 0 Å². The van der Waals surface area contributed by atoms with E-state index in [-0.39, 0.29) is 18.6 Å². The van der Waals surface area contributed by atoms with E-state index < -0.39 is 27.1 Å². The Morgan fingerprint density at radius 2 is 1.56 bits per heavy atom. The van der Waals surface area contributed by atoms with E-state index in [1.54, 1.807) is 18.2 Å². The highest BCUT2D eigenvalue weighted by molar-refractivity contribution is 6.74. The number of rotatable bonds is 11. The summed E-state index contributed by atoms with van der Waals surface area (Å²) < 4.78 is 27.4. The summed E-state index contributed by atoms with van der Waals surface area (Å²) in [6.07, 6.45) is -1.74. The van der Waals surface area contributed by atoms with Crippen molar-refractivity contribution in [1.29, 1.82) is 0 Å². The van der Waals surface area contributed by atoms with Crippen molar-refractivity contribution in [3.8, 4) is 11.5 Å². The molecular weight excluding hydrogens is 368 g/mol. The molecule has 2 N–H and O–H groups in total. The van der Waals surface area contributed by atoms with Crippen molar-refractivity contribution >= 4 is 8.32 Å². The maximum Gasteiger partial charge on any atom is 0.193 e. The van der Waals surface area contributed by atoms with Crippen LogP contribution in [0, 0.1) is 0 Å². The average Bonchev–Trinajstić information content (AvgIpc) is 2.61. The van der Waals surface area contributed by atoms with Gasteiger partial charge in [-0.25, -0.2) is 0 Å². The van der Waals surface area contributed by atoms with Gasteiger partial charge in [0.1, 0.15) is 6.10 Å². The van der Waals surface area contributed by atoms with Crippen LogP contribution in [0.5, 0.6) is 11.5 Å². The van der Waals surface area contributed by atoms with Crippen LogP contribution in [0.4, 0.5) is 0 Å². The van der Waals surface area contributed by atoms with Gasteiger partial charge in [0.15, 0.2) is 33.4 Å². The summed E-state index contributed by atoms with van der Waals surface area (Å²) in [5, 5.41) is 19.9. The quantitative estimate of drug-likeness (QED) is 0.434. The first-order valence-corrected chi connectivity index (χ1v) is 11.8. The summed E-state index contributed by atoms with van der Waals surface area (Å²) in [6.45, 7) is 10.3. The highest BCUT2D eigenvalue weighted by Gasteiger charge is 2.41. The zero-order valence-electron chi connectivity index (χ0n) is 17.4. The van der Waals surface area contributed by atoms with E-state index in [4.69, 9.17) is 23.4 Å². The zero-order valence-corrected chi connectivity index (χ0v) is 18.4. The van der Waals surface area contributed by atoms with Crippen LogP contribution in [0.25, 0.3) is 0 Å². The molecule has 0 radical (unpaired) electrons. The van der Waals surface area contributed by atoms with E-state index >= 15 is 0 Å². The predicted molar refractivity (Wildman–Crippen MR) is 106 cm³/mol. The number of hydrogen-bond donors (Lipinski definition) is 2. The van der Waals surface area contributed by atoms with Crippen molar-refractivity contribution < 1.29 is 33.6 Å². The first kappa shape index (κ1) is 23.9. The lowest BCUT2D eigenvalue weighted by Gasteiger charge is -2.40. The fraction of sp³-hybridized carbons (Fsp3) is 0.684. The molecule has 0 bridgehead atoms. The second-order valence-electron chi connectivity index (χ2n) is 7.86. The van der Waals surface area contributed by atoms with Gasteiger partial charge in [0.2, 0.25) is 0 Å². The largest absolute Gasteiger partial charge is 0.464 e. The first-order chi connectivity index (χ1) is 12.6. The Hall–Kier alpha value is -1.16. The molecule has 0 spiro atoms. The lowest BCUT2D eigenvalue weighted by atomic mass is 10.0. The molecule has 0 heterocycles. The third-order valence-corrected chi connectivity index (χ3v) is 9.18. The number of methoxy groups -OCH3 is 2. The standard InChI is InChI=1S/C19H34O7Si/c1-19(2,3)27(6,7)26-18(15(21)11-20)14-8-9-16(24-12-22-4)17(10-14)25-13-23-5/h8-10,15,18,20-21H,11-13H2,1-7H3/t15-,18-/m1/s1. The summed E-state index contributed by atoms with van der Waals surface area (Å²) >= 11 is 0. The first-order valence-electron chi connectivity index (χ1n) is 8.91. The van der Waals surface area contributed by atoms with Gasteiger partial charge in [-0.05, 0) is 35.8 Å². The SMILES string of the molecule is COCOc1ccc([C@@H](O[Si](C)(C)C(C)(C)C)[C@H](O)CO)cc1OCOC. The Balaban J connectivity index is 3.24. The topological polar surface area (TPSA) is 86.6 Å². The fourth-order valence-corrected chi connectivity index (χ4v) is 3.42. The maximum atomic E-state index is 10.4. The average molecular weight is 403 g/mol. The zero-order chi connectivity index (χ0) is 20.7. The highest BCUT2D eigenvalue weighted by Crippen LogP contribution is 2.41. The van der Waals surface area contributed by atoms with Crippen LogP contribution in [0.2, 0.25) is 18.1 Å². The van der Waals surface area contributed by atoms with Gasteiger partial charge in [-0.15, -0.1) is 0 Å². The van der Waals surface area contributed by atoms with Crippen LogP contribution in [0.3, 0.4) is 0 Å². The van der Waals surface area contributed by atoms with Crippen LogP contribution >= 0.6 is 0 Å². The predicted octanol–water partition coefficient (Wildman–Crippen LogP) is 3.07. The Morgan fingerprint density at radius 3 is 2.04 bits per heavy atom. The van der Waals surface area contributed by atoms with Crippen LogP contribution in [0.15, 0.2) is 18.2 Å². The second-order valence-corrected chi connectivity index (χ2v) is 12.6. The van der Waals surface area contributed by atoms with Gasteiger partial charge in [0, 0.05) is 14.2 Å². The van der Waals surface area contributed by atoms with Gasteiger partial charge in [-0.3, -0.25) is 0 Å². The van der Waals surface area contributed by atoms with Crippen molar-refractivity contribution in [2.45, 2.75) is 51.1 Å². The lowest BCUT2D eigenvalue weighted by molar-refractivity contribution is -0.00896. The molecule has 0 saturated carbocycles. The number of aliphatic hydroxyl groups excluding tert-OH is 2. The van der Waals surface area contributed by atoms with Crippen molar-refractivity contribution in [3.63, 3.8) is 0 Å². The molecule has 1 aromatic carbocycles. The van der Waals surface area contributed by atoms with E-state index in [1.165, 1.54) is 14.2 Å². The highest BCUT2D eigenvalue weighted by atomic mass is 28.4.